The smallest absolute Gasteiger partial charge is 0.182 e. The Bertz CT molecular complexity index is 1540. The van der Waals surface area contributed by atoms with Crippen molar-refractivity contribution in [3.8, 4) is 22.8 Å². The summed E-state index contributed by atoms with van der Waals surface area (Å²) < 4.78 is 10.6. The molecule has 0 bridgehead atoms. The third-order valence-corrected chi connectivity index (χ3v) is 6.39. The predicted molar refractivity (Wildman–Crippen MR) is 158 cm³/mol. The molecule has 192 valence electrons. The lowest BCUT2D eigenvalue weighted by atomic mass is 10.0. The molecule has 0 radical (unpaired) electrons. The molecule has 1 aromatic heterocycles. The van der Waals surface area contributed by atoms with E-state index in [0.717, 1.165) is 39.2 Å². The van der Waals surface area contributed by atoms with E-state index in [4.69, 9.17) is 21.1 Å². The van der Waals surface area contributed by atoms with E-state index >= 15 is 0 Å². The summed E-state index contributed by atoms with van der Waals surface area (Å²) in [6.07, 6.45) is 0. The van der Waals surface area contributed by atoms with Gasteiger partial charge in [-0.3, -0.25) is 4.79 Å². The van der Waals surface area contributed by atoms with Crippen LogP contribution >= 0.6 is 28.6 Å². The van der Waals surface area contributed by atoms with E-state index in [1.54, 1.807) is 38.5 Å². The number of nitrogens with zero attached hydrogens (tertiary/aromatic N) is 3. The molecule has 4 aromatic carbocycles. The minimum Gasteiger partial charge on any atom is -0.497 e. The van der Waals surface area contributed by atoms with Crippen molar-refractivity contribution in [2.75, 3.05) is 25.7 Å². The van der Waals surface area contributed by atoms with Crippen LogP contribution in [0, 0.1) is 0 Å². The molecular weight excluding hydrogens is 566 g/mol. The van der Waals surface area contributed by atoms with Gasteiger partial charge in [0.15, 0.2) is 11.6 Å². The molecule has 38 heavy (non-hydrogen) atoms. The quantitative estimate of drug-likeness (QED) is 0.174. The molecule has 0 unspecified atom stereocenters. The van der Waals surface area contributed by atoms with Crippen molar-refractivity contribution >= 4 is 56.6 Å². The van der Waals surface area contributed by atoms with Crippen LogP contribution in [0.25, 0.3) is 22.0 Å². The number of anilines is 2. The first-order valence-corrected chi connectivity index (χ1v) is 12.1. The Kier molecular flexibility index (Phi) is 8.61. The van der Waals surface area contributed by atoms with Crippen LogP contribution in [-0.2, 0) is 0 Å². The number of carbonyl (C=O) groups excluding carboxylic acids is 1. The van der Waals surface area contributed by atoms with Gasteiger partial charge in [-0.25, -0.2) is 0 Å². The Hall–Kier alpha value is -3.94. The average molecular weight is 591 g/mol. The highest BCUT2D eigenvalue weighted by atomic mass is 79.9. The minimum atomic E-state index is -0.0717. The molecule has 1 heterocycles. The van der Waals surface area contributed by atoms with Crippen LogP contribution in [0.5, 0.6) is 11.5 Å². The van der Waals surface area contributed by atoms with Crippen LogP contribution in [0.3, 0.4) is 0 Å². The summed E-state index contributed by atoms with van der Waals surface area (Å²) in [5.41, 5.74) is 3.03. The van der Waals surface area contributed by atoms with Gasteiger partial charge in [0, 0.05) is 32.6 Å². The number of methoxy groups -OCH3 is 2. The van der Waals surface area contributed by atoms with Gasteiger partial charge in [0.1, 0.15) is 17.2 Å². The molecule has 0 aliphatic carbocycles. The van der Waals surface area contributed by atoms with Crippen molar-refractivity contribution in [1.29, 1.82) is 0 Å². The number of carbonyl (C=O) groups is 1. The zero-order valence-electron chi connectivity index (χ0n) is 20.8. The van der Waals surface area contributed by atoms with Crippen LogP contribution in [0.4, 0.5) is 11.5 Å². The number of ether oxygens (including phenoxy) is 2. The van der Waals surface area contributed by atoms with Gasteiger partial charge in [-0.2, -0.15) is 0 Å². The minimum absolute atomic E-state index is 0. The topological polar surface area (TPSA) is 64.6 Å². The maximum absolute atomic E-state index is 13.4. The molecule has 0 saturated heterocycles. The second-order valence-corrected chi connectivity index (χ2v) is 8.80. The Labute approximate surface area is 236 Å². The summed E-state index contributed by atoms with van der Waals surface area (Å²) in [4.78, 5) is 15.2. The van der Waals surface area contributed by atoms with E-state index in [0.29, 0.717) is 16.4 Å². The van der Waals surface area contributed by atoms with E-state index in [1.807, 2.05) is 77.7 Å². The second-order valence-electron chi connectivity index (χ2n) is 8.36. The second kappa shape index (κ2) is 12.1. The monoisotopic (exact) mass is 589 g/mol. The molecule has 5 rings (SSSR count). The number of Topliss-reactive ketones (excluding diaryl/α,β-unsaturated/α-hetero) is 1. The third-order valence-electron chi connectivity index (χ3n) is 6.14. The summed E-state index contributed by atoms with van der Waals surface area (Å²) in [7, 11) is 3.26. The van der Waals surface area contributed by atoms with E-state index in [9.17, 15) is 4.79 Å². The number of hydrogen-bond donors (Lipinski definition) is 0. The maximum atomic E-state index is 13.4. The van der Waals surface area contributed by atoms with E-state index in [1.165, 1.54) is 0 Å². The number of rotatable bonds is 8. The van der Waals surface area contributed by atoms with Gasteiger partial charge in [-0.05, 0) is 72.8 Å². The van der Waals surface area contributed by atoms with Crippen molar-refractivity contribution in [2.24, 2.45) is 0 Å². The molecule has 5 aromatic rings. The van der Waals surface area contributed by atoms with Crippen molar-refractivity contribution in [3.05, 3.63) is 108 Å². The lowest BCUT2D eigenvalue weighted by Gasteiger charge is -2.25. The van der Waals surface area contributed by atoms with Gasteiger partial charge in [-0.15, -0.1) is 27.2 Å². The first-order chi connectivity index (χ1) is 18.1. The largest absolute Gasteiger partial charge is 0.497 e. The fourth-order valence-electron chi connectivity index (χ4n) is 4.17. The molecule has 6 nitrogen and oxygen atoms in total. The highest BCUT2D eigenvalue weighted by Crippen LogP contribution is 2.35. The zero-order valence-corrected chi connectivity index (χ0v) is 23.3. The van der Waals surface area contributed by atoms with Crippen molar-refractivity contribution in [2.45, 2.75) is 0 Å². The van der Waals surface area contributed by atoms with Crippen molar-refractivity contribution in [3.63, 3.8) is 0 Å². The van der Waals surface area contributed by atoms with Gasteiger partial charge >= 0.3 is 0 Å². The standard InChI is InChI=1S/C30H24ClN3O3.BrH/c1-36-24-15-9-21(10-16-24)29-26-5-3-4-6-27(26)30(33-32-29)34(23-13-17-25(37-2)18-14-23)19-28(35)20-7-11-22(31)12-8-20;/h3-18H,19H2,1-2H3;1H. The summed E-state index contributed by atoms with van der Waals surface area (Å²) in [6.45, 7) is 0.0640. The number of aromatic nitrogens is 2. The lowest BCUT2D eigenvalue weighted by Crippen LogP contribution is -2.26. The van der Waals surface area contributed by atoms with E-state index in [2.05, 4.69) is 10.2 Å². The molecule has 0 atom stereocenters. The molecule has 8 heteroatoms. The van der Waals surface area contributed by atoms with Crippen molar-refractivity contribution in [1.82, 2.24) is 10.2 Å². The molecule has 0 fully saturated rings. The van der Waals surface area contributed by atoms with Crippen LogP contribution < -0.4 is 14.4 Å². The van der Waals surface area contributed by atoms with E-state index in [-0.39, 0.29) is 29.3 Å². The van der Waals surface area contributed by atoms with Gasteiger partial charge < -0.3 is 14.4 Å². The number of fused-ring (bicyclic) bond motifs is 1. The van der Waals surface area contributed by atoms with Crippen LogP contribution in [-0.4, -0.2) is 36.7 Å². The summed E-state index contributed by atoms with van der Waals surface area (Å²) in [5, 5.41) is 11.6. The molecule has 0 N–H and O–H groups in total. The van der Waals surface area contributed by atoms with E-state index < -0.39 is 0 Å². The first-order valence-electron chi connectivity index (χ1n) is 11.7. The Balaban J connectivity index is 0.00000336. The zero-order chi connectivity index (χ0) is 25.8. The van der Waals surface area contributed by atoms with Gasteiger partial charge in [0.2, 0.25) is 0 Å². The first kappa shape index (κ1) is 27.1. The van der Waals surface area contributed by atoms with Crippen LogP contribution in [0.2, 0.25) is 5.02 Å². The summed E-state index contributed by atoms with van der Waals surface area (Å²) in [5.74, 6) is 2.00. The summed E-state index contributed by atoms with van der Waals surface area (Å²) in [6, 6.07) is 30.1. The molecule has 0 aliphatic rings. The predicted octanol–water partition coefficient (Wildman–Crippen LogP) is 7.57. The Morgan fingerprint density at radius 1 is 0.763 bits per heavy atom. The highest BCUT2D eigenvalue weighted by Gasteiger charge is 2.21. The number of halogens is 2. The third kappa shape index (κ3) is 5.64. The number of benzene rings is 4. The van der Waals surface area contributed by atoms with Gasteiger partial charge in [0.05, 0.1) is 20.8 Å². The summed E-state index contributed by atoms with van der Waals surface area (Å²) >= 11 is 6.03. The SMILES string of the molecule is Br.COc1ccc(-c2nnc(N(CC(=O)c3ccc(Cl)cc3)c3ccc(OC)cc3)c3ccccc23)cc1. The van der Waals surface area contributed by atoms with Crippen molar-refractivity contribution < 1.29 is 14.3 Å². The molecule has 0 amide bonds. The highest BCUT2D eigenvalue weighted by molar-refractivity contribution is 8.93. The maximum Gasteiger partial charge on any atom is 0.182 e. The normalized spacial score (nSPS) is 10.5. The van der Waals surface area contributed by atoms with Gasteiger partial charge in [-0.1, -0.05) is 35.9 Å². The van der Waals surface area contributed by atoms with Crippen LogP contribution in [0.15, 0.2) is 97.1 Å². The molecular formula is C30H25BrClN3O3. The fourth-order valence-corrected chi connectivity index (χ4v) is 4.30. The van der Waals surface area contributed by atoms with Crippen LogP contribution in [0.1, 0.15) is 10.4 Å². The molecule has 0 spiro atoms. The molecule has 0 aliphatic heterocycles. The Morgan fingerprint density at radius 3 is 1.95 bits per heavy atom. The fraction of sp³-hybridized carbons (Fsp3) is 0.100. The number of hydrogen-bond acceptors (Lipinski definition) is 6. The lowest BCUT2D eigenvalue weighted by molar-refractivity contribution is 0.100. The molecule has 0 saturated carbocycles. The van der Waals surface area contributed by atoms with Gasteiger partial charge in [0.25, 0.3) is 0 Å². The Morgan fingerprint density at radius 2 is 1.34 bits per heavy atom. The average Bonchev–Trinajstić information content (AvgIpc) is 2.96. The number of ketones is 1.